The molecule has 1 aliphatic carbocycles. The van der Waals surface area contributed by atoms with E-state index < -0.39 is 0 Å². The van der Waals surface area contributed by atoms with Crippen molar-refractivity contribution >= 4 is 0 Å². The number of nitrogens with zero attached hydrogens (tertiary/aromatic N) is 2. The number of rotatable bonds is 8. The molecule has 1 fully saturated rings. The Morgan fingerprint density at radius 2 is 2.38 bits per heavy atom. The Hall–Kier alpha value is -0.870. The molecule has 90 valence electrons. The van der Waals surface area contributed by atoms with Gasteiger partial charge in [-0.15, -0.1) is 0 Å². The van der Waals surface area contributed by atoms with Crippen molar-refractivity contribution in [2.75, 3.05) is 19.7 Å². The van der Waals surface area contributed by atoms with E-state index in [0.29, 0.717) is 12.6 Å². The normalized spacial score (nSPS) is 15.6. The van der Waals surface area contributed by atoms with Crippen LogP contribution in [0, 0.1) is 0 Å². The van der Waals surface area contributed by atoms with Gasteiger partial charge in [0.05, 0.1) is 31.4 Å². The van der Waals surface area contributed by atoms with Gasteiger partial charge in [0.15, 0.2) is 0 Å². The molecule has 0 saturated heterocycles. The van der Waals surface area contributed by atoms with Crippen molar-refractivity contribution in [3.8, 4) is 0 Å². The monoisotopic (exact) mass is 223 g/mol. The Morgan fingerprint density at radius 1 is 1.50 bits per heavy atom. The van der Waals surface area contributed by atoms with Gasteiger partial charge in [-0.1, -0.05) is 6.92 Å². The highest BCUT2D eigenvalue weighted by Crippen LogP contribution is 2.35. The largest absolute Gasteiger partial charge is 0.374 e. The minimum atomic E-state index is 0.685. The lowest BCUT2D eigenvalue weighted by atomic mass is 10.4. The van der Waals surface area contributed by atoms with E-state index in [-0.39, 0.29) is 0 Å². The van der Waals surface area contributed by atoms with Crippen LogP contribution in [0.15, 0.2) is 12.5 Å². The summed E-state index contributed by atoms with van der Waals surface area (Å²) < 4.78 is 7.87. The van der Waals surface area contributed by atoms with E-state index >= 15 is 0 Å². The fraction of sp³-hybridized carbons (Fsp3) is 0.750. The SMILES string of the molecule is CCCNCCOCc1cncn1C1CC1. The average molecular weight is 223 g/mol. The molecule has 0 bridgehead atoms. The van der Waals surface area contributed by atoms with Gasteiger partial charge in [-0.05, 0) is 25.8 Å². The number of hydrogen-bond acceptors (Lipinski definition) is 3. The molecule has 4 heteroatoms. The Kier molecular flexibility index (Phi) is 4.36. The van der Waals surface area contributed by atoms with Gasteiger partial charge in [-0.2, -0.15) is 0 Å². The van der Waals surface area contributed by atoms with Crippen LogP contribution in [0.25, 0.3) is 0 Å². The fourth-order valence-corrected chi connectivity index (χ4v) is 1.75. The van der Waals surface area contributed by atoms with Gasteiger partial charge >= 0.3 is 0 Å². The van der Waals surface area contributed by atoms with Gasteiger partial charge in [-0.3, -0.25) is 0 Å². The molecule has 0 amide bonds. The molecule has 0 aromatic carbocycles. The van der Waals surface area contributed by atoms with E-state index in [1.54, 1.807) is 0 Å². The maximum absolute atomic E-state index is 5.62. The van der Waals surface area contributed by atoms with Crippen LogP contribution in [0.1, 0.15) is 37.9 Å². The molecule has 2 rings (SSSR count). The van der Waals surface area contributed by atoms with E-state index in [4.69, 9.17) is 4.74 Å². The molecule has 1 aliphatic rings. The number of aromatic nitrogens is 2. The predicted molar refractivity (Wildman–Crippen MR) is 63.3 cm³/mol. The lowest BCUT2D eigenvalue weighted by Gasteiger charge is -2.07. The topological polar surface area (TPSA) is 39.1 Å². The fourth-order valence-electron chi connectivity index (χ4n) is 1.75. The summed E-state index contributed by atoms with van der Waals surface area (Å²) >= 11 is 0. The zero-order valence-electron chi connectivity index (χ0n) is 9.98. The van der Waals surface area contributed by atoms with Crippen LogP contribution in [-0.4, -0.2) is 29.2 Å². The van der Waals surface area contributed by atoms with Crippen LogP contribution in [0.2, 0.25) is 0 Å². The maximum atomic E-state index is 5.62. The lowest BCUT2D eigenvalue weighted by Crippen LogP contribution is -2.20. The van der Waals surface area contributed by atoms with Gasteiger partial charge in [0.2, 0.25) is 0 Å². The second-order valence-corrected chi connectivity index (χ2v) is 4.33. The summed E-state index contributed by atoms with van der Waals surface area (Å²) in [7, 11) is 0. The number of nitrogens with one attached hydrogen (secondary N) is 1. The Morgan fingerprint density at radius 3 is 3.12 bits per heavy atom. The zero-order valence-corrected chi connectivity index (χ0v) is 9.98. The average Bonchev–Trinajstić information content (AvgIpc) is 3.04. The summed E-state index contributed by atoms with van der Waals surface area (Å²) in [6, 6.07) is 0.694. The van der Waals surface area contributed by atoms with E-state index in [1.807, 2.05) is 12.5 Å². The van der Waals surface area contributed by atoms with E-state index in [0.717, 1.165) is 19.7 Å². The first-order chi connectivity index (χ1) is 7.92. The van der Waals surface area contributed by atoms with Crippen molar-refractivity contribution < 1.29 is 4.74 Å². The van der Waals surface area contributed by atoms with Crippen molar-refractivity contribution in [2.45, 2.75) is 38.8 Å². The minimum Gasteiger partial charge on any atom is -0.374 e. The quantitative estimate of drug-likeness (QED) is 0.682. The molecule has 1 N–H and O–H groups in total. The number of imidazole rings is 1. The van der Waals surface area contributed by atoms with Gasteiger partial charge in [0, 0.05) is 12.6 Å². The van der Waals surface area contributed by atoms with E-state index in [9.17, 15) is 0 Å². The van der Waals surface area contributed by atoms with Crippen LogP contribution >= 0.6 is 0 Å². The molecule has 0 radical (unpaired) electrons. The third-order valence-corrected chi connectivity index (χ3v) is 2.79. The van der Waals surface area contributed by atoms with Crippen LogP contribution in [0.5, 0.6) is 0 Å². The molecule has 0 atom stereocenters. The van der Waals surface area contributed by atoms with Gasteiger partial charge in [0.25, 0.3) is 0 Å². The first-order valence-electron chi connectivity index (χ1n) is 6.21. The summed E-state index contributed by atoms with van der Waals surface area (Å²) in [6.07, 6.45) is 7.60. The Bertz CT molecular complexity index is 307. The molecule has 1 aromatic rings. The van der Waals surface area contributed by atoms with E-state index in [2.05, 4.69) is 21.8 Å². The second-order valence-electron chi connectivity index (χ2n) is 4.33. The molecule has 0 aliphatic heterocycles. The summed E-state index contributed by atoms with van der Waals surface area (Å²) in [6.45, 7) is 5.64. The Labute approximate surface area is 97.0 Å². The highest BCUT2D eigenvalue weighted by molar-refractivity contribution is 5.02. The standard InChI is InChI=1S/C12H21N3O/c1-2-5-13-6-7-16-9-12-8-14-10-15(12)11-3-4-11/h8,10-11,13H,2-7,9H2,1H3. The summed E-state index contributed by atoms with van der Waals surface area (Å²) in [5, 5.41) is 3.32. The van der Waals surface area contributed by atoms with Gasteiger partial charge in [-0.25, -0.2) is 4.98 Å². The molecule has 0 spiro atoms. The Balaban J connectivity index is 1.63. The van der Waals surface area contributed by atoms with Crippen LogP contribution in [-0.2, 0) is 11.3 Å². The second kappa shape index (κ2) is 6.01. The third-order valence-electron chi connectivity index (χ3n) is 2.79. The van der Waals surface area contributed by atoms with Gasteiger partial charge < -0.3 is 14.6 Å². The lowest BCUT2D eigenvalue weighted by molar-refractivity contribution is 0.117. The predicted octanol–water partition coefficient (Wildman–Crippen LogP) is 1.73. The van der Waals surface area contributed by atoms with Crippen molar-refractivity contribution in [2.24, 2.45) is 0 Å². The number of ether oxygens (including phenoxy) is 1. The molecular weight excluding hydrogens is 202 g/mol. The summed E-state index contributed by atoms with van der Waals surface area (Å²) in [4.78, 5) is 4.18. The molecule has 1 saturated carbocycles. The molecule has 4 nitrogen and oxygen atoms in total. The zero-order chi connectivity index (χ0) is 11.2. The van der Waals surface area contributed by atoms with Crippen molar-refractivity contribution in [3.05, 3.63) is 18.2 Å². The first kappa shape index (κ1) is 11.6. The van der Waals surface area contributed by atoms with Crippen molar-refractivity contribution in [3.63, 3.8) is 0 Å². The molecule has 1 aromatic heterocycles. The highest BCUT2D eigenvalue weighted by atomic mass is 16.5. The molecule has 0 unspecified atom stereocenters. The van der Waals surface area contributed by atoms with E-state index in [1.165, 1.54) is 25.0 Å². The smallest absolute Gasteiger partial charge is 0.0951 e. The van der Waals surface area contributed by atoms with Crippen LogP contribution in [0.4, 0.5) is 0 Å². The number of hydrogen-bond donors (Lipinski definition) is 1. The highest BCUT2D eigenvalue weighted by Gasteiger charge is 2.24. The minimum absolute atomic E-state index is 0.685. The molecule has 16 heavy (non-hydrogen) atoms. The van der Waals surface area contributed by atoms with Crippen molar-refractivity contribution in [1.82, 2.24) is 14.9 Å². The summed E-state index contributed by atoms with van der Waals surface area (Å²) in [5.74, 6) is 0. The third kappa shape index (κ3) is 3.32. The maximum Gasteiger partial charge on any atom is 0.0951 e. The van der Waals surface area contributed by atoms with Crippen molar-refractivity contribution in [1.29, 1.82) is 0 Å². The molecule has 1 heterocycles. The van der Waals surface area contributed by atoms with Crippen LogP contribution in [0.3, 0.4) is 0 Å². The van der Waals surface area contributed by atoms with Crippen LogP contribution < -0.4 is 5.32 Å². The first-order valence-corrected chi connectivity index (χ1v) is 6.21. The molecular formula is C12H21N3O. The summed E-state index contributed by atoms with van der Waals surface area (Å²) in [5.41, 5.74) is 1.21. The van der Waals surface area contributed by atoms with Gasteiger partial charge in [0.1, 0.15) is 0 Å².